The van der Waals surface area contributed by atoms with Crippen molar-refractivity contribution in [1.29, 1.82) is 0 Å². The Hall–Kier alpha value is -1.81. The number of nitrogens with zero attached hydrogens (tertiary/aromatic N) is 1. The number of benzene rings is 1. The van der Waals surface area contributed by atoms with Crippen LogP contribution in [0.1, 0.15) is 25.0 Å². The summed E-state index contributed by atoms with van der Waals surface area (Å²) in [4.78, 5) is 12.2. The minimum Gasteiger partial charge on any atom is -0.393 e. The van der Waals surface area contributed by atoms with Gasteiger partial charge in [0.25, 0.3) is 0 Å². The van der Waals surface area contributed by atoms with E-state index in [0.29, 0.717) is 19.0 Å². The molecule has 2 atom stereocenters. The molecule has 1 aromatic heterocycles. The number of carbonyl (C=O) groups is 1. The Balaban J connectivity index is 1.62. The molecule has 21 heavy (non-hydrogen) atoms. The molecule has 1 saturated carbocycles. The van der Waals surface area contributed by atoms with Crippen LogP contribution in [0.2, 0.25) is 0 Å². The van der Waals surface area contributed by atoms with Gasteiger partial charge in [-0.3, -0.25) is 4.79 Å². The Bertz CT molecular complexity index is 647. The molecule has 3 rings (SSSR count). The van der Waals surface area contributed by atoms with Gasteiger partial charge in [0.2, 0.25) is 5.91 Å². The molecule has 1 aromatic carbocycles. The van der Waals surface area contributed by atoms with Crippen LogP contribution in [0.4, 0.5) is 0 Å². The molecule has 0 spiro atoms. The summed E-state index contributed by atoms with van der Waals surface area (Å²) >= 11 is 0. The van der Waals surface area contributed by atoms with E-state index in [9.17, 15) is 9.90 Å². The Morgan fingerprint density at radius 3 is 2.95 bits per heavy atom. The standard InChI is InChI=1S/C17H22N2O2/c1-12-8-14-4-2-3-5-16(14)19(12)11-17(21)18-10-13-6-7-15(20)9-13/h2-5,8,13,15,20H,6-7,9-11H2,1H3,(H,18,21). The fourth-order valence-corrected chi connectivity index (χ4v) is 3.25. The minimum atomic E-state index is -0.178. The first-order valence-electron chi connectivity index (χ1n) is 7.63. The third-order valence-electron chi connectivity index (χ3n) is 4.42. The van der Waals surface area contributed by atoms with E-state index < -0.39 is 0 Å². The second-order valence-corrected chi connectivity index (χ2v) is 6.07. The zero-order valence-corrected chi connectivity index (χ0v) is 12.4. The minimum absolute atomic E-state index is 0.0424. The Morgan fingerprint density at radius 1 is 1.38 bits per heavy atom. The number of aromatic nitrogens is 1. The lowest BCUT2D eigenvalue weighted by atomic mass is 10.1. The summed E-state index contributed by atoms with van der Waals surface area (Å²) in [5.41, 5.74) is 2.20. The second-order valence-electron chi connectivity index (χ2n) is 6.07. The zero-order valence-electron chi connectivity index (χ0n) is 12.4. The first kappa shape index (κ1) is 14.1. The highest BCUT2D eigenvalue weighted by Crippen LogP contribution is 2.24. The fraction of sp³-hybridized carbons (Fsp3) is 0.471. The van der Waals surface area contributed by atoms with Crippen molar-refractivity contribution in [3.05, 3.63) is 36.0 Å². The van der Waals surface area contributed by atoms with Gasteiger partial charge in [0.15, 0.2) is 0 Å². The van der Waals surface area contributed by atoms with Gasteiger partial charge in [-0.2, -0.15) is 0 Å². The van der Waals surface area contributed by atoms with Crippen molar-refractivity contribution < 1.29 is 9.90 Å². The Morgan fingerprint density at radius 2 is 2.19 bits per heavy atom. The number of nitrogens with one attached hydrogen (secondary N) is 1. The number of rotatable bonds is 4. The predicted molar refractivity (Wildman–Crippen MR) is 83.0 cm³/mol. The van der Waals surface area contributed by atoms with E-state index in [1.807, 2.05) is 29.7 Å². The van der Waals surface area contributed by atoms with Gasteiger partial charge in [0.05, 0.1) is 6.10 Å². The zero-order chi connectivity index (χ0) is 14.8. The SMILES string of the molecule is Cc1cc2ccccc2n1CC(=O)NCC1CCC(O)C1. The predicted octanol–water partition coefficient (Wildman–Crippen LogP) is 2.23. The highest BCUT2D eigenvalue weighted by molar-refractivity contribution is 5.84. The first-order valence-corrected chi connectivity index (χ1v) is 7.63. The summed E-state index contributed by atoms with van der Waals surface area (Å²) in [6.45, 7) is 3.06. The number of para-hydroxylation sites is 1. The average Bonchev–Trinajstić information content (AvgIpc) is 3.01. The maximum Gasteiger partial charge on any atom is 0.239 e. The molecule has 2 aromatic rings. The maximum atomic E-state index is 12.2. The summed E-state index contributed by atoms with van der Waals surface area (Å²) in [7, 11) is 0. The molecular formula is C17H22N2O2. The lowest BCUT2D eigenvalue weighted by Crippen LogP contribution is -2.31. The number of carbonyl (C=O) groups excluding carboxylic acids is 1. The summed E-state index contributed by atoms with van der Waals surface area (Å²) < 4.78 is 2.05. The number of fused-ring (bicyclic) bond motifs is 1. The average molecular weight is 286 g/mol. The third kappa shape index (κ3) is 3.10. The van der Waals surface area contributed by atoms with Gasteiger partial charge >= 0.3 is 0 Å². The Labute approximate surface area is 124 Å². The molecule has 0 saturated heterocycles. The van der Waals surface area contributed by atoms with Gasteiger partial charge in [-0.25, -0.2) is 0 Å². The van der Waals surface area contributed by atoms with E-state index >= 15 is 0 Å². The number of aliphatic hydroxyl groups is 1. The number of amides is 1. The van der Waals surface area contributed by atoms with Crippen LogP contribution in [0, 0.1) is 12.8 Å². The van der Waals surface area contributed by atoms with E-state index in [0.717, 1.165) is 30.5 Å². The van der Waals surface area contributed by atoms with E-state index in [2.05, 4.69) is 17.4 Å². The van der Waals surface area contributed by atoms with Gasteiger partial charge < -0.3 is 15.0 Å². The highest BCUT2D eigenvalue weighted by atomic mass is 16.3. The fourth-order valence-electron chi connectivity index (χ4n) is 3.25. The maximum absolute atomic E-state index is 12.2. The quantitative estimate of drug-likeness (QED) is 0.905. The van der Waals surface area contributed by atoms with Crippen molar-refractivity contribution in [1.82, 2.24) is 9.88 Å². The topological polar surface area (TPSA) is 54.3 Å². The van der Waals surface area contributed by atoms with Gasteiger partial charge in [0, 0.05) is 17.8 Å². The van der Waals surface area contributed by atoms with Crippen molar-refractivity contribution in [2.24, 2.45) is 5.92 Å². The van der Waals surface area contributed by atoms with Crippen LogP contribution in [-0.4, -0.2) is 28.2 Å². The number of aryl methyl sites for hydroxylation is 1. The Kier molecular flexibility index (Phi) is 3.97. The molecule has 4 nitrogen and oxygen atoms in total. The highest BCUT2D eigenvalue weighted by Gasteiger charge is 2.23. The van der Waals surface area contributed by atoms with Crippen LogP contribution in [0.25, 0.3) is 10.9 Å². The molecule has 1 amide bonds. The smallest absolute Gasteiger partial charge is 0.239 e. The number of hydrogen-bond donors (Lipinski definition) is 2. The van der Waals surface area contributed by atoms with E-state index in [1.54, 1.807) is 0 Å². The van der Waals surface area contributed by atoms with Crippen LogP contribution >= 0.6 is 0 Å². The monoisotopic (exact) mass is 286 g/mol. The lowest BCUT2D eigenvalue weighted by molar-refractivity contribution is -0.121. The number of aliphatic hydroxyl groups excluding tert-OH is 1. The van der Waals surface area contributed by atoms with Gasteiger partial charge in [-0.05, 0) is 49.6 Å². The molecule has 1 aliphatic rings. The first-order chi connectivity index (χ1) is 10.1. The summed E-state index contributed by atoms with van der Waals surface area (Å²) in [6.07, 6.45) is 2.50. The van der Waals surface area contributed by atoms with Crippen molar-refractivity contribution in [2.45, 2.75) is 38.8 Å². The number of hydrogen-bond acceptors (Lipinski definition) is 2. The van der Waals surface area contributed by atoms with Gasteiger partial charge in [-0.1, -0.05) is 18.2 Å². The molecule has 112 valence electrons. The molecule has 2 unspecified atom stereocenters. The van der Waals surface area contributed by atoms with Crippen LogP contribution in [0.15, 0.2) is 30.3 Å². The molecule has 0 radical (unpaired) electrons. The summed E-state index contributed by atoms with van der Waals surface area (Å²) in [6, 6.07) is 10.2. The lowest BCUT2D eigenvalue weighted by Gasteiger charge is -2.12. The van der Waals surface area contributed by atoms with Crippen LogP contribution in [-0.2, 0) is 11.3 Å². The van der Waals surface area contributed by atoms with Crippen molar-refractivity contribution >= 4 is 16.8 Å². The molecule has 0 bridgehead atoms. The van der Waals surface area contributed by atoms with Crippen molar-refractivity contribution in [3.63, 3.8) is 0 Å². The van der Waals surface area contributed by atoms with E-state index in [4.69, 9.17) is 0 Å². The second kappa shape index (κ2) is 5.90. The van der Waals surface area contributed by atoms with Crippen molar-refractivity contribution in [3.8, 4) is 0 Å². The molecule has 1 aliphatic carbocycles. The molecule has 1 fully saturated rings. The van der Waals surface area contributed by atoms with E-state index in [-0.39, 0.29) is 12.0 Å². The molecule has 2 N–H and O–H groups in total. The van der Waals surface area contributed by atoms with Gasteiger partial charge in [-0.15, -0.1) is 0 Å². The molecule has 0 aliphatic heterocycles. The van der Waals surface area contributed by atoms with Crippen LogP contribution < -0.4 is 5.32 Å². The molecular weight excluding hydrogens is 264 g/mol. The molecule has 4 heteroatoms. The molecule has 1 heterocycles. The third-order valence-corrected chi connectivity index (χ3v) is 4.42. The van der Waals surface area contributed by atoms with Crippen molar-refractivity contribution in [2.75, 3.05) is 6.54 Å². The summed E-state index contributed by atoms with van der Waals surface area (Å²) in [5.74, 6) is 0.465. The normalized spacial score (nSPS) is 21.8. The van der Waals surface area contributed by atoms with Gasteiger partial charge in [0.1, 0.15) is 6.54 Å². The van der Waals surface area contributed by atoms with Crippen LogP contribution in [0.5, 0.6) is 0 Å². The van der Waals surface area contributed by atoms with Crippen LogP contribution in [0.3, 0.4) is 0 Å². The largest absolute Gasteiger partial charge is 0.393 e. The summed E-state index contributed by atoms with van der Waals surface area (Å²) in [5, 5.41) is 13.7. The van der Waals surface area contributed by atoms with E-state index in [1.165, 1.54) is 5.39 Å².